The summed E-state index contributed by atoms with van der Waals surface area (Å²) < 4.78 is 27.2. The molecule has 3 heteroatoms. The molecule has 1 fully saturated rings. The van der Waals surface area contributed by atoms with Crippen LogP contribution in [0.5, 0.6) is 0 Å². The van der Waals surface area contributed by atoms with Crippen LogP contribution in [0.3, 0.4) is 0 Å². The van der Waals surface area contributed by atoms with Crippen molar-refractivity contribution >= 4 is 15.9 Å². The molecule has 2 atom stereocenters. The highest BCUT2D eigenvalue weighted by molar-refractivity contribution is 9.09. The SMILES string of the molecule is Fc1cccc(F)c1CC1CCCCCC1Br. The van der Waals surface area contributed by atoms with Crippen molar-refractivity contribution < 1.29 is 8.78 Å². The van der Waals surface area contributed by atoms with Crippen LogP contribution < -0.4 is 0 Å². The fourth-order valence-electron chi connectivity index (χ4n) is 2.56. The van der Waals surface area contributed by atoms with E-state index in [1.165, 1.54) is 37.5 Å². The van der Waals surface area contributed by atoms with E-state index in [9.17, 15) is 8.78 Å². The molecule has 0 bridgehead atoms. The van der Waals surface area contributed by atoms with Gasteiger partial charge in [0.1, 0.15) is 11.6 Å². The minimum atomic E-state index is -0.408. The van der Waals surface area contributed by atoms with Gasteiger partial charge in [0.25, 0.3) is 0 Å². The molecular formula is C14H17BrF2. The molecule has 1 aliphatic rings. The van der Waals surface area contributed by atoms with E-state index >= 15 is 0 Å². The monoisotopic (exact) mass is 302 g/mol. The van der Waals surface area contributed by atoms with Gasteiger partial charge in [-0.05, 0) is 37.3 Å². The van der Waals surface area contributed by atoms with Crippen LogP contribution in [0.25, 0.3) is 0 Å². The zero-order chi connectivity index (χ0) is 12.3. The van der Waals surface area contributed by atoms with Crippen LogP contribution in [0.2, 0.25) is 0 Å². The minimum absolute atomic E-state index is 0.254. The Bertz CT molecular complexity index is 358. The Labute approximate surface area is 110 Å². The van der Waals surface area contributed by atoms with Gasteiger partial charge in [0.05, 0.1) is 0 Å². The Morgan fingerprint density at radius 1 is 1.06 bits per heavy atom. The van der Waals surface area contributed by atoms with Gasteiger partial charge in [-0.15, -0.1) is 0 Å². The van der Waals surface area contributed by atoms with E-state index in [1.54, 1.807) is 0 Å². The lowest BCUT2D eigenvalue weighted by Crippen LogP contribution is -2.17. The predicted molar refractivity (Wildman–Crippen MR) is 69.4 cm³/mol. The summed E-state index contributed by atoms with van der Waals surface area (Å²) in [6, 6.07) is 4.11. The van der Waals surface area contributed by atoms with Crippen LogP contribution in [-0.4, -0.2) is 4.83 Å². The number of hydrogen-bond donors (Lipinski definition) is 0. The molecule has 1 aromatic rings. The Morgan fingerprint density at radius 2 is 1.71 bits per heavy atom. The Hall–Kier alpha value is -0.440. The lowest BCUT2D eigenvalue weighted by atomic mass is 9.92. The summed E-state index contributed by atoms with van der Waals surface area (Å²) in [5, 5.41) is 0. The van der Waals surface area contributed by atoms with Gasteiger partial charge < -0.3 is 0 Å². The second-order valence-corrected chi connectivity index (χ2v) is 5.99. The van der Waals surface area contributed by atoms with Gasteiger partial charge in [-0.25, -0.2) is 8.78 Å². The van der Waals surface area contributed by atoms with Crippen molar-refractivity contribution in [1.29, 1.82) is 0 Å². The molecule has 2 unspecified atom stereocenters. The zero-order valence-corrected chi connectivity index (χ0v) is 11.3. The number of rotatable bonds is 2. The number of alkyl halides is 1. The van der Waals surface area contributed by atoms with Gasteiger partial charge in [-0.3, -0.25) is 0 Å². The van der Waals surface area contributed by atoms with E-state index in [0.717, 1.165) is 12.8 Å². The maximum Gasteiger partial charge on any atom is 0.129 e. The summed E-state index contributed by atoms with van der Waals surface area (Å²) in [6.45, 7) is 0. The predicted octanol–water partition coefficient (Wildman–Crippen LogP) is 4.85. The van der Waals surface area contributed by atoms with Gasteiger partial charge in [0, 0.05) is 10.4 Å². The molecule has 1 aromatic carbocycles. The van der Waals surface area contributed by atoms with Crippen molar-refractivity contribution in [2.45, 2.75) is 43.4 Å². The van der Waals surface area contributed by atoms with Crippen molar-refractivity contribution in [3.05, 3.63) is 35.4 Å². The van der Waals surface area contributed by atoms with Crippen molar-refractivity contribution in [2.24, 2.45) is 5.92 Å². The van der Waals surface area contributed by atoms with E-state index < -0.39 is 11.6 Å². The third kappa shape index (κ3) is 3.27. The highest BCUT2D eigenvalue weighted by Crippen LogP contribution is 2.32. The fraction of sp³-hybridized carbons (Fsp3) is 0.571. The first-order valence-electron chi connectivity index (χ1n) is 6.25. The normalized spacial score (nSPS) is 25.6. The molecule has 1 saturated carbocycles. The molecule has 0 N–H and O–H groups in total. The lowest BCUT2D eigenvalue weighted by Gasteiger charge is -2.20. The lowest BCUT2D eigenvalue weighted by molar-refractivity contribution is 0.448. The third-order valence-corrected chi connectivity index (χ3v) is 4.80. The molecule has 0 aromatic heterocycles. The molecule has 0 nitrogen and oxygen atoms in total. The summed E-state index contributed by atoms with van der Waals surface area (Å²) in [7, 11) is 0. The maximum absolute atomic E-state index is 13.6. The summed E-state index contributed by atoms with van der Waals surface area (Å²) in [4.78, 5) is 0.393. The smallest absolute Gasteiger partial charge is 0.129 e. The Balaban J connectivity index is 2.13. The van der Waals surface area contributed by atoms with E-state index in [1.807, 2.05) is 0 Å². The third-order valence-electron chi connectivity index (χ3n) is 3.59. The number of benzene rings is 1. The fourth-order valence-corrected chi connectivity index (χ4v) is 3.33. The molecule has 0 aliphatic heterocycles. The first-order valence-corrected chi connectivity index (χ1v) is 7.17. The van der Waals surface area contributed by atoms with Gasteiger partial charge >= 0.3 is 0 Å². The number of halogens is 3. The van der Waals surface area contributed by atoms with Gasteiger partial charge in [0.15, 0.2) is 0 Å². The second kappa shape index (κ2) is 5.94. The summed E-state index contributed by atoms with van der Waals surface area (Å²) in [6.07, 6.45) is 6.30. The van der Waals surface area contributed by atoms with Crippen molar-refractivity contribution in [1.82, 2.24) is 0 Å². The topological polar surface area (TPSA) is 0 Å². The molecule has 94 valence electrons. The summed E-state index contributed by atoms with van der Waals surface area (Å²) >= 11 is 3.67. The first-order chi connectivity index (χ1) is 8.18. The maximum atomic E-state index is 13.6. The van der Waals surface area contributed by atoms with E-state index in [-0.39, 0.29) is 5.56 Å². The van der Waals surface area contributed by atoms with Crippen LogP contribution in [0.15, 0.2) is 18.2 Å². The molecule has 0 amide bonds. The zero-order valence-electron chi connectivity index (χ0n) is 9.76. The quantitative estimate of drug-likeness (QED) is 0.541. The largest absolute Gasteiger partial charge is 0.207 e. The van der Waals surface area contributed by atoms with Crippen molar-refractivity contribution in [2.75, 3.05) is 0 Å². The molecule has 1 aliphatic carbocycles. The van der Waals surface area contributed by atoms with Gasteiger partial charge in [-0.2, -0.15) is 0 Å². The molecule has 17 heavy (non-hydrogen) atoms. The molecule has 0 heterocycles. The molecule has 0 spiro atoms. The first kappa shape index (κ1) is 13.0. The van der Waals surface area contributed by atoms with E-state index in [2.05, 4.69) is 15.9 Å². The Morgan fingerprint density at radius 3 is 2.41 bits per heavy atom. The van der Waals surface area contributed by atoms with Crippen LogP contribution in [0.1, 0.15) is 37.7 Å². The Kier molecular flexibility index (Phi) is 4.55. The van der Waals surface area contributed by atoms with E-state index in [4.69, 9.17) is 0 Å². The summed E-state index contributed by atoms with van der Waals surface area (Å²) in [5.74, 6) is -0.466. The summed E-state index contributed by atoms with van der Waals surface area (Å²) in [5.41, 5.74) is 0.254. The average Bonchev–Trinajstić information content (AvgIpc) is 2.49. The van der Waals surface area contributed by atoms with Crippen molar-refractivity contribution in [3.63, 3.8) is 0 Å². The van der Waals surface area contributed by atoms with Gasteiger partial charge in [-0.1, -0.05) is 41.3 Å². The van der Waals surface area contributed by atoms with Crippen LogP contribution >= 0.6 is 15.9 Å². The minimum Gasteiger partial charge on any atom is -0.207 e. The van der Waals surface area contributed by atoms with Crippen LogP contribution in [0, 0.1) is 17.6 Å². The molecule has 2 rings (SSSR count). The second-order valence-electron chi connectivity index (χ2n) is 4.82. The average molecular weight is 303 g/mol. The highest BCUT2D eigenvalue weighted by Gasteiger charge is 2.23. The van der Waals surface area contributed by atoms with Gasteiger partial charge in [0.2, 0.25) is 0 Å². The van der Waals surface area contributed by atoms with Crippen LogP contribution in [-0.2, 0) is 6.42 Å². The number of hydrogen-bond acceptors (Lipinski definition) is 0. The molecular weight excluding hydrogens is 286 g/mol. The standard InChI is InChI=1S/C14H17BrF2/c15-12-6-3-1-2-5-10(12)9-11-13(16)7-4-8-14(11)17/h4,7-8,10,12H,1-3,5-6,9H2. The molecule has 0 radical (unpaired) electrons. The molecule has 0 saturated heterocycles. The van der Waals surface area contributed by atoms with Crippen molar-refractivity contribution in [3.8, 4) is 0 Å². The van der Waals surface area contributed by atoms with Crippen LogP contribution in [0.4, 0.5) is 8.78 Å². The highest BCUT2D eigenvalue weighted by atomic mass is 79.9. The van der Waals surface area contributed by atoms with E-state index in [0.29, 0.717) is 17.2 Å².